The summed E-state index contributed by atoms with van der Waals surface area (Å²) in [6.07, 6.45) is 6.92. The second kappa shape index (κ2) is 4.57. The molecule has 2 N–H and O–H groups in total. The summed E-state index contributed by atoms with van der Waals surface area (Å²) in [5.41, 5.74) is 2.22. The fraction of sp³-hybridized carbons (Fsp3) is 0.591. The number of hydrogen-bond donors (Lipinski definition) is 2. The lowest BCUT2D eigenvalue weighted by atomic mass is 9.76. The van der Waals surface area contributed by atoms with Gasteiger partial charge in [0.05, 0.1) is 11.1 Å². The number of nitrogens with one attached hydrogen (secondary N) is 1. The van der Waals surface area contributed by atoms with E-state index >= 15 is 0 Å². The van der Waals surface area contributed by atoms with E-state index in [1.54, 1.807) is 13.0 Å². The van der Waals surface area contributed by atoms with Crippen molar-refractivity contribution in [3.63, 3.8) is 0 Å². The number of aliphatic hydroxyl groups is 1. The lowest BCUT2D eigenvalue weighted by Crippen LogP contribution is -2.55. The molecule has 1 aromatic heterocycles. The molecule has 2 aliphatic heterocycles. The van der Waals surface area contributed by atoms with E-state index in [2.05, 4.69) is 16.8 Å². The van der Waals surface area contributed by atoms with Crippen LogP contribution >= 0.6 is 0 Å². The van der Waals surface area contributed by atoms with E-state index in [9.17, 15) is 14.3 Å². The number of rotatable bonds is 3. The number of piperidine rings is 2. The highest BCUT2D eigenvalue weighted by Crippen LogP contribution is 2.82. The van der Waals surface area contributed by atoms with Crippen LogP contribution in [-0.4, -0.2) is 38.1 Å². The van der Waals surface area contributed by atoms with Gasteiger partial charge in [0.2, 0.25) is 5.91 Å². The average molecular weight is 368 g/mol. The summed E-state index contributed by atoms with van der Waals surface area (Å²) in [6, 6.07) is 3.47. The van der Waals surface area contributed by atoms with E-state index in [1.807, 2.05) is 6.20 Å². The van der Waals surface area contributed by atoms with Crippen molar-refractivity contribution in [2.45, 2.75) is 75.5 Å². The first-order valence-electron chi connectivity index (χ1n) is 10.1. The third-order valence-electron chi connectivity index (χ3n) is 8.20. The molecule has 3 saturated carbocycles. The molecule has 5 unspecified atom stereocenters. The van der Waals surface area contributed by atoms with Crippen molar-refractivity contribution in [1.29, 1.82) is 0 Å². The molecule has 2 spiro atoms. The normalized spacial score (nSPS) is 39.3. The summed E-state index contributed by atoms with van der Waals surface area (Å²) in [7, 11) is 0. The number of aryl methyl sites for hydroxylation is 1. The molecule has 1 amide bonds. The average Bonchev–Trinajstić information content (AvgIpc) is 2.88. The maximum absolute atomic E-state index is 14.1. The van der Waals surface area contributed by atoms with Gasteiger partial charge in [-0.3, -0.25) is 4.79 Å². The predicted molar refractivity (Wildman–Crippen MR) is 99.9 cm³/mol. The predicted octanol–water partition coefficient (Wildman–Crippen LogP) is 3.77. The minimum Gasteiger partial charge on any atom is -0.390 e. The smallest absolute Gasteiger partial charge is 0.223 e. The number of nitrogens with zero attached hydrogens (tertiary/aromatic N) is 1. The van der Waals surface area contributed by atoms with E-state index in [-0.39, 0.29) is 34.6 Å². The van der Waals surface area contributed by atoms with Gasteiger partial charge in [-0.25, -0.2) is 4.39 Å². The Morgan fingerprint density at radius 2 is 2.19 bits per heavy atom. The van der Waals surface area contributed by atoms with Crippen molar-refractivity contribution in [1.82, 2.24) is 9.88 Å². The second-order valence-electron chi connectivity index (χ2n) is 9.84. The number of carbonyl (C=O) groups is 1. The van der Waals surface area contributed by atoms with E-state index < -0.39 is 5.60 Å². The van der Waals surface area contributed by atoms with Crippen LogP contribution in [0.25, 0.3) is 10.9 Å². The number of aromatic amines is 1. The van der Waals surface area contributed by atoms with Crippen molar-refractivity contribution >= 4 is 16.8 Å². The van der Waals surface area contributed by atoms with Gasteiger partial charge < -0.3 is 15.0 Å². The number of benzene rings is 1. The van der Waals surface area contributed by atoms with Crippen LogP contribution < -0.4 is 0 Å². The highest BCUT2D eigenvalue weighted by atomic mass is 19.1. The van der Waals surface area contributed by atoms with Crippen molar-refractivity contribution in [3.8, 4) is 0 Å². The van der Waals surface area contributed by atoms with Crippen LogP contribution in [-0.2, 0) is 4.79 Å². The van der Waals surface area contributed by atoms with E-state index in [4.69, 9.17) is 0 Å². The molecule has 5 fully saturated rings. The van der Waals surface area contributed by atoms with Crippen molar-refractivity contribution in [2.75, 3.05) is 0 Å². The summed E-state index contributed by atoms with van der Waals surface area (Å²) in [6.45, 7) is 3.86. The third kappa shape index (κ3) is 1.79. The summed E-state index contributed by atoms with van der Waals surface area (Å²) >= 11 is 0. The topological polar surface area (TPSA) is 56.3 Å². The Labute approximate surface area is 157 Å². The van der Waals surface area contributed by atoms with Gasteiger partial charge in [0.15, 0.2) is 0 Å². The van der Waals surface area contributed by atoms with Crippen LogP contribution in [0.3, 0.4) is 0 Å². The second-order valence-corrected chi connectivity index (χ2v) is 9.84. The van der Waals surface area contributed by atoms with Gasteiger partial charge in [0.1, 0.15) is 5.82 Å². The van der Waals surface area contributed by atoms with Crippen LogP contribution in [0.15, 0.2) is 18.3 Å². The Hall–Kier alpha value is -1.88. The molecule has 2 saturated heterocycles. The third-order valence-corrected chi connectivity index (χ3v) is 8.20. The zero-order chi connectivity index (χ0) is 18.8. The van der Waals surface area contributed by atoms with Gasteiger partial charge in [-0.1, -0.05) is 6.92 Å². The van der Waals surface area contributed by atoms with Gasteiger partial charge in [0.25, 0.3) is 0 Å². The minimum absolute atomic E-state index is 0.0252. The number of amides is 1. The van der Waals surface area contributed by atoms with Crippen molar-refractivity contribution < 1.29 is 14.3 Å². The van der Waals surface area contributed by atoms with Crippen LogP contribution in [0.2, 0.25) is 0 Å². The molecule has 5 heteroatoms. The molecule has 2 aromatic rings. The number of H-pyrrole nitrogens is 1. The summed E-state index contributed by atoms with van der Waals surface area (Å²) in [5, 5.41) is 11.7. The molecule has 4 bridgehead atoms. The first kappa shape index (κ1) is 16.1. The molecule has 142 valence electrons. The van der Waals surface area contributed by atoms with Crippen LogP contribution in [0.5, 0.6) is 0 Å². The highest BCUT2D eigenvalue weighted by Gasteiger charge is 2.86. The monoisotopic (exact) mass is 368 g/mol. The molecule has 3 heterocycles. The SMILES string of the molecule is Cc1c(F)ccc2[nH]cc(C(C)CC(=O)N3C4CC5(O)CC6(C4)CC36C5)c12. The van der Waals surface area contributed by atoms with Crippen molar-refractivity contribution in [2.24, 2.45) is 5.41 Å². The summed E-state index contributed by atoms with van der Waals surface area (Å²) < 4.78 is 14.1. The quantitative estimate of drug-likeness (QED) is 0.867. The Kier molecular flexibility index (Phi) is 2.73. The fourth-order valence-electron chi connectivity index (χ4n) is 7.34. The highest BCUT2D eigenvalue weighted by molar-refractivity contribution is 5.88. The Balaban J connectivity index is 1.29. The van der Waals surface area contributed by atoms with Gasteiger partial charge in [-0.05, 0) is 61.8 Å². The van der Waals surface area contributed by atoms with E-state index in [0.717, 1.165) is 48.6 Å². The number of aromatic nitrogens is 1. The molecule has 5 atom stereocenters. The zero-order valence-electron chi connectivity index (χ0n) is 15.8. The molecule has 5 aliphatic rings. The first-order valence-corrected chi connectivity index (χ1v) is 10.1. The molecule has 4 nitrogen and oxygen atoms in total. The minimum atomic E-state index is -0.519. The number of halogens is 1. The lowest BCUT2D eigenvalue weighted by molar-refractivity contribution is -0.144. The van der Waals surface area contributed by atoms with Gasteiger partial charge in [0, 0.05) is 41.4 Å². The standard InChI is InChI=1S/C22H25FN2O2/c1-12(15-8-24-17-4-3-16(23)13(2)19(15)17)5-18(26)25-14-6-20-9-21(27,7-14)11-22(20,25)10-20/h3-4,8,12,14,24,27H,5-7,9-11H2,1-2H3. The maximum atomic E-state index is 14.1. The Morgan fingerprint density at radius 3 is 2.96 bits per heavy atom. The fourth-order valence-corrected chi connectivity index (χ4v) is 7.34. The lowest BCUT2D eigenvalue weighted by Gasteiger charge is -2.46. The van der Waals surface area contributed by atoms with Crippen molar-refractivity contribution in [3.05, 3.63) is 35.3 Å². The van der Waals surface area contributed by atoms with E-state index in [0.29, 0.717) is 12.0 Å². The Morgan fingerprint density at radius 1 is 1.37 bits per heavy atom. The summed E-state index contributed by atoms with van der Waals surface area (Å²) in [4.78, 5) is 18.7. The maximum Gasteiger partial charge on any atom is 0.223 e. The van der Waals surface area contributed by atoms with Gasteiger partial charge >= 0.3 is 0 Å². The number of fused-ring (bicyclic) bond motifs is 1. The molecule has 3 aliphatic carbocycles. The molecular weight excluding hydrogens is 343 g/mol. The largest absolute Gasteiger partial charge is 0.390 e. The van der Waals surface area contributed by atoms with E-state index in [1.165, 1.54) is 6.07 Å². The molecule has 1 aromatic carbocycles. The number of hydrogen-bond acceptors (Lipinski definition) is 2. The molecule has 27 heavy (non-hydrogen) atoms. The molecular formula is C22H25FN2O2. The van der Waals surface area contributed by atoms with Gasteiger partial charge in [-0.2, -0.15) is 0 Å². The zero-order valence-corrected chi connectivity index (χ0v) is 15.8. The van der Waals surface area contributed by atoms with Crippen LogP contribution in [0.4, 0.5) is 4.39 Å². The van der Waals surface area contributed by atoms with Gasteiger partial charge in [-0.15, -0.1) is 0 Å². The molecule has 7 rings (SSSR count). The van der Waals surface area contributed by atoms with Crippen LogP contribution in [0.1, 0.15) is 62.5 Å². The van der Waals surface area contributed by atoms with Crippen LogP contribution in [0, 0.1) is 18.2 Å². The molecule has 0 radical (unpaired) electrons. The number of carbonyl (C=O) groups excluding carboxylic acids is 1. The Bertz CT molecular complexity index is 1010. The first-order chi connectivity index (χ1) is 12.8. The summed E-state index contributed by atoms with van der Waals surface area (Å²) in [5.74, 6) is 0.0271.